The van der Waals surface area contributed by atoms with Gasteiger partial charge < -0.3 is 10.4 Å². The van der Waals surface area contributed by atoms with Crippen molar-refractivity contribution in [2.45, 2.75) is 45.6 Å². The Bertz CT molecular complexity index is 320. The number of nitrogens with one attached hydrogen (secondary N) is 1. The van der Waals surface area contributed by atoms with E-state index < -0.39 is 12.0 Å². The highest BCUT2D eigenvalue weighted by Crippen LogP contribution is 2.70. The first-order valence-corrected chi connectivity index (χ1v) is 5.98. The van der Waals surface area contributed by atoms with E-state index in [2.05, 4.69) is 5.32 Å². The first kappa shape index (κ1) is 11.4. The number of amides is 1. The fourth-order valence-electron chi connectivity index (χ4n) is 2.40. The Hall–Kier alpha value is -1.06. The van der Waals surface area contributed by atoms with Crippen LogP contribution in [0, 0.1) is 17.3 Å². The molecule has 2 unspecified atom stereocenters. The molecule has 0 radical (unpaired) electrons. The third-order valence-electron chi connectivity index (χ3n) is 3.72. The molecule has 2 rings (SSSR count). The molecular formula is C12H19NO3. The van der Waals surface area contributed by atoms with Crippen LogP contribution in [0.5, 0.6) is 0 Å². The van der Waals surface area contributed by atoms with Crippen molar-refractivity contribution in [3.63, 3.8) is 0 Å². The van der Waals surface area contributed by atoms with Gasteiger partial charge >= 0.3 is 5.97 Å². The largest absolute Gasteiger partial charge is 0.480 e. The van der Waals surface area contributed by atoms with Crippen LogP contribution in [0.1, 0.15) is 39.5 Å². The molecule has 0 aliphatic heterocycles. The normalized spacial score (nSPS) is 26.6. The van der Waals surface area contributed by atoms with E-state index in [0.29, 0.717) is 11.8 Å². The summed E-state index contributed by atoms with van der Waals surface area (Å²) in [5, 5.41) is 11.7. The molecular weight excluding hydrogens is 206 g/mol. The van der Waals surface area contributed by atoms with E-state index in [4.69, 9.17) is 5.11 Å². The molecule has 0 aromatic heterocycles. The molecule has 2 atom stereocenters. The summed E-state index contributed by atoms with van der Waals surface area (Å²) in [4.78, 5) is 22.8. The van der Waals surface area contributed by atoms with Crippen molar-refractivity contribution in [2.24, 2.45) is 17.3 Å². The zero-order valence-corrected chi connectivity index (χ0v) is 9.82. The third-order valence-corrected chi connectivity index (χ3v) is 3.72. The van der Waals surface area contributed by atoms with E-state index in [1.54, 1.807) is 0 Å². The molecule has 0 aromatic rings. The Kier molecular flexibility index (Phi) is 2.68. The molecule has 0 bridgehead atoms. The number of carboxylic acid groups (broad SMARTS) is 1. The van der Waals surface area contributed by atoms with Gasteiger partial charge in [-0.1, -0.05) is 13.8 Å². The van der Waals surface area contributed by atoms with Crippen LogP contribution in [0.3, 0.4) is 0 Å². The van der Waals surface area contributed by atoms with Crippen molar-refractivity contribution < 1.29 is 14.7 Å². The first-order chi connectivity index (χ1) is 7.44. The molecule has 1 spiro atoms. The van der Waals surface area contributed by atoms with Gasteiger partial charge in [0.2, 0.25) is 5.91 Å². The minimum Gasteiger partial charge on any atom is -0.480 e. The lowest BCUT2D eigenvalue weighted by molar-refractivity contribution is -0.142. The number of rotatable bonds is 5. The van der Waals surface area contributed by atoms with Crippen molar-refractivity contribution >= 4 is 11.9 Å². The SMILES string of the molecule is CC(C)CC(NC(=O)C1CC12CC2)C(=O)O. The second kappa shape index (κ2) is 3.75. The van der Waals surface area contributed by atoms with Gasteiger partial charge in [0, 0.05) is 5.92 Å². The standard InChI is InChI=1S/C12H19NO3/c1-7(2)5-9(11(15)16)13-10(14)8-6-12(8)3-4-12/h7-9H,3-6H2,1-2H3,(H,13,14)(H,15,16). The summed E-state index contributed by atoms with van der Waals surface area (Å²) >= 11 is 0. The van der Waals surface area contributed by atoms with Crippen LogP contribution in [0.15, 0.2) is 0 Å². The van der Waals surface area contributed by atoms with Crippen molar-refractivity contribution in [2.75, 3.05) is 0 Å². The molecule has 0 saturated heterocycles. The lowest BCUT2D eigenvalue weighted by Crippen LogP contribution is -2.42. The highest BCUT2D eigenvalue weighted by atomic mass is 16.4. The van der Waals surface area contributed by atoms with E-state index in [9.17, 15) is 9.59 Å². The number of carbonyl (C=O) groups is 2. The summed E-state index contributed by atoms with van der Waals surface area (Å²) in [6.07, 6.45) is 3.76. The maximum Gasteiger partial charge on any atom is 0.326 e. The zero-order valence-electron chi connectivity index (χ0n) is 9.82. The predicted octanol–water partition coefficient (Wildman–Crippen LogP) is 1.40. The quantitative estimate of drug-likeness (QED) is 0.743. The lowest BCUT2D eigenvalue weighted by Gasteiger charge is -2.16. The van der Waals surface area contributed by atoms with Crippen LogP contribution in [0.2, 0.25) is 0 Å². The van der Waals surface area contributed by atoms with Gasteiger partial charge in [-0.3, -0.25) is 4.79 Å². The van der Waals surface area contributed by atoms with Crippen LogP contribution in [0.25, 0.3) is 0 Å². The Balaban J connectivity index is 1.85. The van der Waals surface area contributed by atoms with E-state index in [1.165, 1.54) is 0 Å². The molecule has 0 aromatic carbocycles. The maximum atomic E-state index is 11.8. The summed E-state index contributed by atoms with van der Waals surface area (Å²) in [7, 11) is 0. The molecule has 0 heterocycles. The highest BCUT2D eigenvalue weighted by Gasteiger charge is 2.65. The summed E-state index contributed by atoms with van der Waals surface area (Å²) in [5.41, 5.74) is 0.297. The average molecular weight is 225 g/mol. The van der Waals surface area contributed by atoms with Crippen LogP contribution < -0.4 is 5.32 Å². The van der Waals surface area contributed by atoms with Crippen molar-refractivity contribution in [1.82, 2.24) is 5.32 Å². The van der Waals surface area contributed by atoms with Crippen LogP contribution in [-0.4, -0.2) is 23.0 Å². The van der Waals surface area contributed by atoms with Gasteiger partial charge in [-0.15, -0.1) is 0 Å². The Labute approximate surface area is 95.4 Å². The monoisotopic (exact) mass is 225 g/mol. The number of aliphatic carboxylic acids is 1. The minimum absolute atomic E-state index is 0.0504. The fraction of sp³-hybridized carbons (Fsp3) is 0.833. The van der Waals surface area contributed by atoms with Gasteiger partial charge in [-0.2, -0.15) is 0 Å². The minimum atomic E-state index is -0.924. The summed E-state index contributed by atoms with van der Waals surface area (Å²) < 4.78 is 0. The van der Waals surface area contributed by atoms with Crippen molar-refractivity contribution in [1.29, 1.82) is 0 Å². The number of carboxylic acids is 1. The molecule has 4 nitrogen and oxygen atoms in total. The number of hydrogen-bond acceptors (Lipinski definition) is 2. The van der Waals surface area contributed by atoms with E-state index in [0.717, 1.165) is 19.3 Å². The third kappa shape index (κ3) is 2.20. The molecule has 90 valence electrons. The molecule has 1 amide bonds. The summed E-state index contributed by atoms with van der Waals surface area (Å²) in [6, 6.07) is -0.719. The van der Waals surface area contributed by atoms with Gasteiger partial charge in [-0.25, -0.2) is 4.79 Å². The van der Waals surface area contributed by atoms with E-state index >= 15 is 0 Å². The fourth-order valence-corrected chi connectivity index (χ4v) is 2.40. The van der Waals surface area contributed by atoms with Crippen LogP contribution in [0.4, 0.5) is 0 Å². The first-order valence-electron chi connectivity index (χ1n) is 5.98. The molecule has 2 saturated carbocycles. The second-order valence-corrected chi connectivity index (χ2v) is 5.65. The summed E-state index contributed by atoms with van der Waals surface area (Å²) in [5.74, 6) is -0.602. The molecule has 2 N–H and O–H groups in total. The molecule has 2 aliphatic carbocycles. The average Bonchev–Trinajstić information content (AvgIpc) is 3.05. The molecule has 2 aliphatic rings. The number of carbonyl (C=O) groups excluding carboxylic acids is 1. The van der Waals surface area contributed by atoms with Crippen LogP contribution >= 0.6 is 0 Å². The Morgan fingerprint density at radius 3 is 2.44 bits per heavy atom. The topological polar surface area (TPSA) is 66.4 Å². The van der Waals surface area contributed by atoms with Crippen molar-refractivity contribution in [3.05, 3.63) is 0 Å². The van der Waals surface area contributed by atoms with Gasteiger partial charge in [-0.05, 0) is 37.0 Å². The second-order valence-electron chi connectivity index (χ2n) is 5.65. The van der Waals surface area contributed by atoms with Gasteiger partial charge in [0.15, 0.2) is 0 Å². The van der Waals surface area contributed by atoms with Gasteiger partial charge in [0.1, 0.15) is 6.04 Å². The van der Waals surface area contributed by atoms with Crippen LogP contribution in [-0.2, 0) is 9.59 Å². The Morgan fingerprint density at radius 1 is 1.44 bits per heavy atom. The number of hydrogen-bond donors (Lipinski definition) is 2. The van der Waals surface area contributed by atoms with E-state index in [1.807, 2.05) is 13.8 Å². The predicted molar refractivity (Wildman–Crippen MR) is 58.8 cm³/mol. The lowest BCUT2D eigenvalue weighted by atomic mass is 10.0. The highest BCUT2D eigenvalue weighted by molar-refractivity contribution is 5.87. The van der Waals surface area contributed by atoms with E-state index in [-0.39, 0.29) is 17.7 Å². The Morgan fingerprint density at radius 2 is 2.06 bits per heavy atom. The summed E-state index contributed by atoms with van der Waals surface area (Å²) in [6.45, 7) is 3.92. The van der Waals surface area contributed by atoms with Gasteiger partial charge in [0.25, 0.3) is 0 Å². The molecule has 16 heavy (non-hydrogen) atoms. The molecule has 2 fully saturated rings. The smallest absolute Gasteiger partial charge is 0.326 e. The molecule has 4 heteroatoms. The van der Waals surface area contributed by atoms with Gasteiger partial charge in [0.05, 0.1) is 0 Å². The maximum absolute atomic E-state index is 11.8. The van der Waals surface area contributed by atoms with Crippen molar-refractivity contribution in [3.8, 4) is 0 Å². The zero-order chi connectivity index (χ0) is 11.9.